The Kier molecular flexibility index (Phi) is 5.99. The second-order valence-electron chi connectivity index (χ2n) is 7.18. The fraction of sp³-hybridized carbons (Fsp3) is 0.261. The average molecular weight is 420 g/mol. The largest absolute Gasteiger partial charge is 0.497 e. The minimum atomic E-state index is -0.195. The molecule has 2 aromatic heterocycles. The van der Waals surface area contributed by atoms with Gasteiger partial charge in [0, 0.05) is 25.8 Å². The SMILES string of the molecule is COCCCNC(=O)c1ccc2c(c1)n(Cc1cccc(OC)c1)c(=O)c1ccnn12. The second kappa shape index (κ2) is 9.01. The first-order valence-electron chi connectivity index (χ1n) is 10.0. The molecule has 2 heterocycles. The summed E-state index contributed by atoms with van der Waals surface area (Å²) >= 11 is 0. The van der Waals surface area contributed by atoms with Gasteiger partial charge in [0.05, 0.1) is 30.9 Å². The number of benzene rings is 2. The molecule has 1 N–H and O–H groups in total. The molecule has 0 spiro atoms. The highest BCUT2D eigenvalue weighted by Crippen LogP contribution is 2.19. The van der Waals surface area contributed by atoms with Crippen molar-refractivity contribution in [3.05, 3.63) is 76.2 Å². The van der Waals surface area contributed by atoms with E-state index in [4.69, 9.17) is 9.47 Å². The maximum atomic E-state index is 13.2. The summed E-state index contributed by atoms with van der Waals surface area (Å²) in [5, 5.41) is 7.18. The van der Waals surface area contributed by atoms with Gasteiger partial charge in [-0.1, -0.05) is 12.1 Å². The molecule has 0 aliphatic carbocycles. The molecule has 0 aliphatic rings. The Balaban J connectivity index is 1.79. The van der Waals surface area contributed by atoms with Gasteiger partial charge < -0.3 is 19.4 Å². The first-order chi connectivity index (χ1) is 15.1. The van der Waals surface area contributed by atoms with Crippen molar-refractivity contribution in [2.75, 3.05) is 27.4 Å². The summed E-state index contributed by atoms with van der Waals surface area (Å²) < 4.78 is 13.6. The van der Waals surface area contributed by atoms with Gasteiger partial charge in [-0.05, 0) is 48.4 Å². The molecule has 8 heteroatoms. The van der Waals surface area contributed by atoms with Gasteiger partial charge in [0.2, 0.25) is 0 Å². The number of hydrogen-bond acceptors (Lipinski definition) is 5. The lowest BCUT2D eigenvalue weighted by Crippen LogP contribution is -2.26. The molecule has 4 rings (SSSR count). The molecule has 0 fully saturated rings. The Morgan fingerprint density at radius 2 is 1.94 bits per heavy atom. The molecule has 160 valence electrons. The van der Waals surface area contributed by atoms with Gasteiger partial charge in [-0.3, -0.25) is 9.59 Å². The lowest BCUT2D eigenvalue weighted by atomic mass is 10.1. The zero-order chi connectivity index (χ0) is 21.8. The van der Waals surface area contributed by atoms with Crippen LogP contribution in [0.4, 0.5) is 0 Å². The van der Waals surface area contributed by atoms with Crippen molar-refractivity contribution in [3.63, 3.8) is 0 Å². The van der Waals surface area contributed by atoms with Crippen LogP contribution in [0.15, 0.2) is 59.5 Å². The van der Waals surface area contributed by atoms with Gasteiger partial charge in [-0.2, -0.15) is 5.10 Å². The number of carbonyl (C=O) groups excluding carboxylic acids is 1. The predicted octanol–water partition coefficient (Wildman–Crippen LogP) is 2.47. The summed E-state index contributed by atoms with van der Waals surface area (Å²) in [4.78, 5) is 25.9. The Morgan fingerprint density at radius 3 is 2.74 bits per heavy atom. The van der Waals surface area contributed by atoms with Crippen molar-refractivity contribution in [2.24, 2.45) is 0 Å². The number of carbonyl (C=O) groups is 1. The van der Waals surface area contributed by atoms with Gasteiger partial charge in [-0.15, -0.1) is 0 Å². The Hall–Kier alpha value is -3.65. The van der Waals surface area contributed by atoms with E-state index < -0.39 is 0 Å². The van der Waals surface area contributed by atoms with Crippen LogP contribution >= 0.6 is 0 Å². The van der Waals surface area contributed by atoms with Crippen LogP contribution in [0.1, 0.15) is 22.3 Å². The van der Waals surface area contributed by atoms with Gasteiger partial charge in [0.1, 0.15) is 11.3 Å². The standard InChI is InChI=1S/C23H24N4O4/c1-30-12-4-10-24-22(28)17-7-8-19-21(14-17)26(23(29)20-9-11-25-27(19)20)15-16-5-3-6-18(13-16)31-2/h3,5-9,11,13-14H,4,10,12,15H2,1-2H3,(H,24,28). The number of hydrogen-bond donors (Lipinski definition) is 1. The Labute approximate surface area is 179 Å². The summed E-state index contributed by atoms with van der Waals surface area (Å²) in [6.45, 7) is 1.43. The fourth-order valence-electron chi connectivity index (χ4n) is 3.60. The molecule has 4 aromatic rings. The Morgan fingerprint density at radius 1 is 1.06 bits per heavy atom. The van der Waals surface area contributed by atoms with E-state index in [0.717, 1.165) is 23.3 Å². The lowest BCUT2D eigenvalue weighted by Gasteiger charge is -2.14. The van der Waals surface area contributed by atoms with E-state index in [1.807, 2.05) is 30.3 Å². The van der Waals surface area contributed by atoms with E-state index >= 15 is 0 Å². The number of rotatable bonds is 8. The van der Waals surface area contributed by atoms with E-state index in [2.05, 4.69) is 10.4 Å². The second-order valence-corrected chi connectivity index (χ2v) is 7.18. The van der Waals surface area contributed by atoms with Gasteiger partial charge in [-0.25, -0.2) is 4.52 Å². The van der Waals surface area contributed by atoms with E-state index in [9.17, 15) is 9.59 Å². The summed E-state index contributed by atoms with van der Waals surface area (Å²) in [6.07, 6.45) is 2.33. The number of ether oxygens (including phenoxy) is 2. The fourth-order valence-corrected chi connectivity index (χ4v) is 3.60. The molecule has 2 aromatic carbocycles. The van der Waals surface area contributed by atoms with E-state index in [0.29, 0.717) is 36.3 Å². The van der Waals surface area contributed by atoms with Crippen molar-refractivity contribution < 1.29 is 14.3 Å². The van der Waals surface area contributed by atoms with Crippen LogP contribution in [0.25, 0.3) is 16.6 Å². The molecule has 0 bridgehead atoms. The first-order valence-corrected chi connectivity index (χ1v) is 10.0. The van der Waals surface area contributed by atoms with Crippen LogP contribution in [0.5, 0.6) is 5.75 Å². The number of methoxy groups -OCH3 is 2. The minimum Gasteiger partial charge on any atom is -0.497 e. The molecule has 8 nitrogen and oxygen atoms in total. The van der Waals surface area contributed by atoms with E-state index in [1.54, 1.807) is 47.7 Å². The number of amides is 1. The van der Waals surface area contributed by atoms with Crippen molar-refractivity contribution >= 4 is 22.5 Å². The molecule has 0 saturated carbocycles. The summed E-state index contributed by atoms with van der Waals surface area (Å²) in [5.41, 5.74) is 3.08. The van der Waals surface area contributed by atoms with Crippen molar-refractivity contribution in [3.8, 4) is 5.75 Å². The highest BCUT2D eigenvalue weighted by atomic mass is 16.5. The summed E-state index contributed by atoms with van der Waals surface area (Å²) in [6, 6.07) is 14.6. The number of nitrogens with one attached hydrogen (secondary N) is 1. The maximum absolute atomic E-state index is 13.2. The van der Waals surface area contributed by atoms with Crippen LogP contribution in [-0.2, 0) is 11.3 Å². The van der Waals surface area contributed by atoms with Crippen LogP contribution in [-0.4, -0.2) is 47.5 Å². The average Bonchev–Trinajstić information content (AvgIpc) is 3.29. The number of aromatic nitrogens is 3. The molecular formula is C23H24N4O4. The lowest BCUT2D eigenvalue weighted by molar-refractivity contribution is 0.0948. The molecule has 0 saturated heterocycles. The van der Waals surface area contributed by atoms with Crippen molar-refractivity contribution in [1.82, 2.24) is 19.5 Å². The van der Waals surface area contributed by atoms with Crippen molar-refractivity contribution in [1.29, 1.82) is 0 Å². The normalized spacial score (nSPS) is 11.2. The van der Waals surface area contributed by atoms with Gasteiger partial charge in [0.25, 0.3) is 11.5 Å². The minimum absolute atomic E-state index is 0.175. The molecule has 0 aliphatic heterocycles. The molecule has 0 atom stereocenters. The quantitative estimate of drug-likeness (QED) is 0.443. The molecule has 31 heavy (non-hydrogen) atoms. The molecule has 0 radical (unpaired) electrons. The highest BCUT2D eigenvalue weighted by Gasteiger charge is 2.15. The van der Waals surface area contributed by atoms with Crippen LogP contribution in [0.2, 0.25) is 0 Å². The first kappa shape index (κ1) is 20.6. The third-order valence-electron chi connectivity index (χ3n) is 5.15. The smallest absolute Gasteiger partial charge is 0.277 e. The molecular weight excluding hydrogens is 396 g/mol. The third-order valence-corrected chi connectivity index (χ3v) is 5.15. The van der Waals surface area contributed by atoms with E-state index in [-0.39, 0.29) is 11.5 Å². The molecule has 0 unspecified atom stereocenters. The summed E-state index contributed by atoms with van der Waals surface area (Å²) in [7, 11) is 3.24. The summed E-state index contributed by atoms with van der Waals surface area (Å²) in [5.74, 6) is 0.523. The third kappa shape index (κ3) is 4.15. The van der Waals surface area contributed by atoms with E-state index in [1.165, 1.54) is 0 Å². The predicted molar refractivity (Wildman–Crippen MR) is 118 cm³/mol. The highest BCUT2D eigenvalue weighted by molar-refractivity contribution is 5.97. The maximum Gasteiger partial charge on any atom is 0.277 e. The van der Waals surface area contributed by atoms with Crippen LogP contribution in [0, 0.1) is 0 Å². The number of fused-ring (bicyclic) bond motifs is 3. The zero-order valence-electron chi connectivity index (χ0n) is 17.5. The van der Waals surface area contributed by atoms with Crippen LogP contribution in [0.3, 0.4) is 0 Å². The zero-order valence-corrected chi connectivity index (χ0v) is 17.5. The monoisotopic (exact) mass is 420 g/mol. The topological polar surface area (TPSA) is 86.9 Å². The van der Waals surface area contributed by atoms with Gasteiger partial charge in [0.15, 0.2) is 0 Å². The molecule has 1 amide bonds. The van der Waals surface area contributed by atoms with Gasteiger partial charge >= 0.3 is 0 Å². The van der Waals surface area contributed by atoms with Crippen LogP contribution < -0.4 is 15.6 Å². The Bertz CT molecular complexity index is 1290. The number of nitrogens with zero attached hydrogens (tertiary/aromatic N) is 3. The van der Waals surface area contributed by atoms with Crippen molar-refractivity contribution in [2.45, 2.75) is 13.0 Å².